The number of aliphatic hydroxyl groups is 5. The smallest absolute Gasteiger partial charge is 0.220 e. The first-order valence-electron chi connectivity index (χ1n) is 28.5. The van der Waals surface area contributed by atoms with Gasteiger partial charge in [0.25, 0.3) is 0 Å². The molecule has 7 atom stereocenters. The molecule has 1 fully saturated rings. The van der Waals surface area contributed by atoms with E-state index in [4.69, 9.17) is 9.47 Å². The number of unbranched alkanes of at least 4 members (excludes halogenated alkanes) is 28. The van der Waals surface area contributed by atoms with Crippen molar-refractivity contribution in [2.24, 2.45) is 0 Å². The lowest BCUT2D eigenvalue weighted by Crippen LogP contribution is -2.60. The van der Waals surface area contributed by atoms with Crippen LogP contribution < -0.4 is 5.32 Å². The van der Waals surface area contributed by atoms with E-state index in [9.17, 15) is 30.3 Å². The number of hydrogen-bond acceptors (Lipinski definition) is 8. The van der Waals surface area contributed by atoms with E-state index in [1.165, 1.54) is 154 Å². The van der Waals surface area contributed by atoms with Crippen molar-refractivity contribution in [2.45, 2.75) is 294 Å². The number of nitrogens with one attached hydrogen (secondary N) is 1. The number of allylic oxidation sites excluding steroid dienone is 10. The Morgan fingerprint density at radius 1 is 0.515 bits per heavy atom. The summed E-state index contributed by atoms with van der Waals surface area (Å²) in [6.45, 7) is 3.69. The third-order valence-corrected chi connectivity index (χ3v) is 13.4. The fourth-order valence-electron chi connectivity index (χ4n) is 8.90. The van der Waals surface area contributed by atoms with Crippen LogP contribution in [0.3, 0.4) is 0 Å². The number of carbonyl (C=O) groups excluding carboxylic acids is 1. The number of ether oxygens (including phenoxy) is 2. The summed E-state index contributed by atoms with van der Waals surface area (Å²) in [6.07, 6.45) is 58.7. The third kappa shape index (κ3) is 37.7. The van der Waals surface area contributed by atoms with E-state index < -0.39 is 49.5 Å². The molecule has 0 bridgehead atoms. The van der Waals surface area contributed by atoms with Gasteiger partial charge in [0.1, 0.15) is 24.4 Å². The monoisotopic (exact) mass is 958 g/mol. The van der Waals surface area contributed by atoms with Gasteiger partial charge in [-0.2, -0.15) is 0 Å². The van der Waals surface area contributed by atoms with Crippen LogP contribution in [-0.2, 0) is 14.3 Å². The summed E-state index contributed by atoms with van der Waals surface area (Å²) in [4.78, 5) is 13.0. The Morgan fingerprint density at radius 3 is 1.35 bits per heavy atom. The summed E-state index contributed by atoms with van der Waals surface area (Å²) in [6, 6.07) is -0.716. The zero-order chi connectivity index (χ0) is 49.4. The van der Waals surface area contributed by atoms with Crippen LogP contribution in [-0.4, -0.2) is 87.5 Å². The molecule has 0 spiro atoms. The quantitative estimate of drug-likeness (QED) is 0.0261. The maximum absolute atomic E-state index is 13.0. The predicted octanol–water partition coefficient (Wildman–Crippen LogP) is 13.9. The largest absolute Gasteiger partial charge is 0.394 e. The van der Waals surface area contributed by atoms with Gasteiger partial charge < -0.3 is 40.3 Å². The highest BCUT2D eigenvalue weighted by atomic mass is 16.7. The van der Waals surface area contributed by atoms with Crippen molar-refractivity contribution >= 4 is 5.91 Å². The average Bonchev–Trinajstić information content (AvgIpc) is 3.34. The fraction of sp³-hybridized carbons (Fsp3) is 0.814. The van der Waals surface area contributed by atoms with Gasteiger partial charge in [-0.15, -0.1) is 0 Å². The van der Waals surface area contributed by atoms with E-state index in [0.717, 1.165) is 70.6 Å². The lowest BCUT2D eigenvalue weighted by molar-refractivity contribution is -0.302. The predicted molar refractivity (Wildman–Crippen MR) is 286 cm³/mol. The SMILES string of the molecule is CC/C=C\C/C=C\C/C=C\C/C=C\C/C=C\CCCCCCCCCCCCCCCCCCCCCCCC(=O)NC(COC1OC(CO)C(O)C(O)C1O)C(O)CCCCCCCCCC. The van der Waals surface area contributed by atoms with Gasteiger partial charge in [0.2, 0.25) is 5.91 Å². The first-order chi connectivity index (χ1) is 33.3. The molecule has 1 aliphatic rings. The lowest BCUT2D eigenvalue weighted by atomic mass is 9.99. The maximum Gasteiger partial charge on any atom is 0.220 e. The highest BCUT2D eigenvalue weighted by Gasteiger charge is 2.44. The second-order valence-corrected chi connectivity index (χ2v) is 19.7. The molecule has 1 amide bonds. The first-order valence-corrected chi connectivity index (χ1v) is 28.5. The van der Waals surface area contributed by atoms with Crippen LogP contribution in [0.5, 0.6) is 0 Å². The second-order valence-electron chi connectivity index (χ2n) is 19.7. The second kappa shape index (κ2) is 48.5. The minimum atomic E-state index is -1.55. The van der Waals surface area contributed by atoms with Crippen LogP contribution in [0.4, 0.5) is 0 Å². The van der Waals surface area contributed by atoms with Gasteiger partial charge >= 0.3 is 0 Å². The molecule has 0 aromatic heterocycles. The lowest BCUT2D eigenvalue weighted by Gasteiger charge is -2.40. The molecule has 1 aliphatic heterocycles. The van der Waals surface area contributed by atoms with E-state index >= 15 is 0 Å². The summed E-state index contributed by atoms with van der Waals surface area (Å²) in [5.74, 6) is -0.145. The van der Waals surface area contributed by atoms with Gasteiger partial charge in [-0.05, 0) is 57.8 Å². The van der Waals surface area contributed by atoms with Crippen molar-refractivity contribution in [1.82, 2.24) is 5.32 Å². The van der Waals surface area contributed by atoms with E-state index in [1.807, 2.05) is 0 Å². The Morgan fingerprint density at radius 2 is 0.912 bits per heavy atom. The molecule has 9 nitrogen and oxygen atoms in total. The summed E-state index contributed by atoms with van der Waals surface area (Å²) in [5.41, 5.74) is 0. The minimum Gasteiger partial charge on any atom is -0.394 e. The normalized spacial score (nSPS) is 20.0. The van der Waals surface area contributed by atoms with Gasteiger partial charge in [-0.1, -0.05) is 248 Å². The molecule has 0 aromatic rings. The Balaban J connectivity index is 2.01. The molecular weight excluding hydrogens is 851 g/mol. The zero-order valence-electron chi connectivity index (χ0n) is 43.9. The number of amides is 1. The van der Waals surface area contributed by atoms with Crippen LogP contribution in [0.1, 0.15) is 251 Å². The Labute approximate surface area is 417 Å². The van der Waals surface area contributed by atoms with E-state index in [2.05, 4.69) is 79.9 Å². The Hall–Kier alpha value is -2.11. The van der Waals surface area contributed by atoms with Gasteiger partial charge in [0.05, 0.1) is 25.4 Å². The minimum absolute atomic E-state index is 0.137. The van der Waals surface area contributed by atoms with E-state index in [0.29, 0.717) is 12.8 Å². The van der Waals surface area contributed by atoms with Crippen molar-refractivity contribution < 1.29 is 39.8 Å². The number of aliphatic hydroxyl groups excluding tert-OH is 5. The topological polar surface area (TPSA) is 149 Å². The number of rotatable bonds is 48. The van der Waals surface area contributed by atoms with Crippen molar-refractivity contribution in [3.05, 3.63) is 60.8 Å². The first kappa shape index (κ1) is 63.9. The van der Waals surface area contributed by atoms with Gasteiger partial charge in [0.15, 0.2) is 6.29 Å². The molecular formula is C59H107NO8. The zero-order valence-corrected chi connectivity index (χ0v) is 43.9. The molecule has 0 saturated carbocycles. The van der Waals surface area contributed by atoms with Crippen LogP contribution >= 0.6 is 0 Å². The number of hydrogen-bond donors (Lipinski definition) is 6. The molecule has 68 heavy (non-hydrogen) atoms. The summed E-state index contributed by atoms with van der Waals surface area (Å²) in [5, 5.41) is 54.3. The summed E-state index contributed by atoms with van der Waals surface area (Å²) < 4.78 is 11.2. The molecule has 9 heteroatoms. The Bertz CT molecular complexity index is 1250. The van der Waals surface area contributed by atoms with Crippen LogP contribution in [0.25, 0.3) is 0 Å². The Kier molecular flexibility index (Phi) is 45.6. The maximum atomic E-state index is 13.0. The third-order valence-electron chi connectivity index (χ3n) is 13.4. The molecule has 396 valence electrons. The van der Waals surface area contributed by atoms with Crippen LogP contribution in [0, 0.1) is 0 Å². The van der Waals surface area contributed by atoms with Crippen LogP contribution in [0.2, 0.25) is 0 Å². The molecule has 1 rings (SSSR count). The fourth-order valence-corrected chi connectivity index (χ4v) is 8.90. The number of carbonyl (C=O) groups is 1. The molecule has 0 aromatic carbocycles. The molecule has 7 unspecified atom stereocenters. The van der Waals surface area contributed by atoms with Crippen molar-refractivity contribution in [3.63, 3.8) is 0 Å². The van der Waals surface area contributed by atoms with Crippen molar-refractivity contribution in [1.29, 1.82) is 0 Å². The highest BCUT2D eigenvalue weighted by Crippen LogP contribution is 2.23. The van der Waals surface area contributed by atoms with E-state index in [1.54, 1.807) is 0 Å². The average molecular weight is 959 g/mol. The molecule has 0 radical (unpaired) electrons. The van der Waals surface area contributed by atoms with Crippen LogP contribution in [0.15, 0.2) is 60.8 Å². The standard InChI is InChI=1S/C59H107NO8/c1-3-5-7-9-11-13-14-15-16-17-18-19-20-21-22-23-24-25-26-27-28-29-30-31-32-33-34-35-36-37-38-39-40-41-43-45-47-49-55(63)60-52(53(62)48-46-44-42-12-10-8-6-4-2)51-67-59-58(66)57(65)56(64)54(50-61)68-59/h5,7,11,13,15-16,18-19,21-22,52-54,56-59,61-62,64-66H,3-4,6,8-10,12,14,17,20,23-51H2,1-2H3,(H,60,63)/b7-5-,13-11-,16-15-,19-18-,22-21-. The van der Waals surface area contributed by atoms with Crippen molar-refractivity contribution in [3.8, 4) is 0 Å². The highest BCUT2D eigenvalue weighted by molar-refractivity contribution is 5.76. The van der Waals surface area contributed by atoms with Crippen molar-refractivity contribution in [2.75, 3.05) is 13.2 Å². The molecule has 1 heterocycles. The summed E-state index contributed by atoms with van der Waals surface area (Å²) in [7, 11) is 0. The molecule has 0 aliphatic carbocycles. The van der Waals surface area contributed by atoms with Gasteiger partial charge in [-0.25, -0.2) is 0 Å². The molecule has 1 saturated heterocycles. The summed E-state index contributed by atoms with van der Waals surface area (Å²) >= 11 is 0. The molecule has 6 N–H and O–H groups in total. The van der Waals surface area contributed by atoms with Gasteiger partial charge in [-0.3, -0.25) is 4.79 Å². The van der Waals surface area contributed by atoms with Gasteiger partial charge in [0, 0.05) is 6.42 Å². The van der Waals surface area contributed by atoms with E-state index in [-0.39, 0.29) is 12.5 Å².